The lowest BCUT2D eigenvalue weighted by molar-refractivity contribution is 0.768. The van der Waals surface area contributed by atoms with E-state index in [9.17, 15) is 0 Å². The first-order chi connectivity index (χ1) is 29.3. The molecule has 0 spiro atoms. The molecule has 0 aliphatic heterocycles. The van der Waals surface area contributed by atoms with Crippen molar-refractivity contribution in [1.82, 2.24) is 0 Å². The maximum Gasteiger partial charge on any atom is 0.0714 e. The van der Waals surface area contributed by atoms with E-state index in [0.717, 1.165) is 17.1 Å². The Bertz CT molecular complexity index is 3330. The van der Waals surface area contributed by atoms with Gasteiger partial charge in [0.25, 0.3) is 0 Å². The average Bonchev–Trinajstić information content (AvgIpc) is 3.84. The second kappa shape index (κ2) is 13.4. The monoisotopic (exact) mass is 767 g/mol. The van der Waals surface area contributed by atoms with Gasteiger partial charge in [-0.15, -0.1) is 11.3 Å². The van der Waals surface area contributed by atoms with Crippen LogP contribution >= 0.6 is 11.3 Å². The van der Waals surface area contributed by atoms with Gasteiger partial charge >= 0.3 is 0 Å². The van der Waals surface area contributed by atoms with Gasteiger partial charge < -0.3 is 4.90 Å². The summed E-state index contributed by atoms with van der Waals surface area (Å²) in [6.45, 7) is 0. The van der Waals surface area contributed by atoms with Crippen molar-refractivity contribution in [2.45, 2.75) is 5.41 Å². The number of rotatable bonds is 6. The van der Waals surface area contributed by atoms with Crippen molar-refractivity contribution in [2.75, 3.05) is 4.90 Å². The standard InChI is InChI=1S/C57H37NS/c1-3-14-38(15-4-1)39-28-31-44(32-29-39)58(46-33-35-54-51(37-46)50-34-30-41-27-26-40-16-7-8-21-47(40)55(41)56(50)59-54)45-20-13-19-43(36-45)57(42-17-5-2-6-18-42)52-24-11-9-22-48(52)49-23-10-12-25-53(49)57/h1-37H. The van der Waals surface area contributed by atoms with E-state index < -0.39 is 5.41 Å². The zero-order valence-electron chi connectivity index (χ0n) is 32.2. The minimum absolute atomic E-state index is 0.495. The quantitative estimate of drug-likeness (QED) is 0.152. The van der Waals surface area contributed by atoms with Gasteiger partial charge in [0.1, 0.15) is 0 Å². The van der Waals surface area contributed by atoms with Crippen molar-refractivity contribution in [2.24, 2.45) is 0 Å². The molecule has 59 heavy (non-hydrogen) atoms. The molecule has 0 saturated carbocycles. The van der Waals surface area contributed by atoms with E-state index in [1.54, 1.807) is 0 Å². The predicted molar refractivity (Wildman–Crippen MR) is 252 cm³/mol. The average molecular weight is 768 g/mol. The van der Waals surface area contributed by atoms with Crippen LogP contribution in [-0.4, -0.2) is 0 Å². The van der Waals surface area contributed by atoms with Crippen LogP contribution in [-0.2, 0) is 5.41 Å². The summed E-state index contributed by atoms with van der Waals surface area (Å²) in [6, 6.07) is 83.0. The van der Waals surface area contributed by atoms with Crippen LogP contribution in [0.4, 0.5) is 17.1 Å². The molecule has 0 N–H and O–H groups in total. The summed E-state index contributed by atoms with van der Waals surface area (Å²) >= 11 is 1.90. The summed E-state index contributed by atoms with van der Waals surface area (Å²) in [4.78, 5) is 2.45. The maximum absolute atomic E-state index is 2.45. The molecular formula is C57H37NS. The molecule has 11 aromatic rings. The number of anilines is 3. The van der Waals surface area contributed by atoms with Crippen LogP contribution < -0.4 is 4.90 Å². The highest BCUT2D eigenvalue weighted by Gasteiger charge is 2.46. The van der Waals surface area contributed by atoms with Gasteiger partial charge in [0.05, 0.1) is 5.41 Å². The molecule has 276 valence electrons. The highest BCUT2D eigenvalue weighted by molar-refractivity contribution is 7.26. The van der Waals surface area contributed by atoms with Gasteiger partial charge in [-0.25, -0.2) is 0 Å². The Balaban J connectivity index is 1.09. The Morgan fingerprint density at radius 2 is 0.949 bits per heavy atom. The van der Waals surface area contributed by atoms with Crippen molar-refractivity contribution < 1.29 is 0 Å². The third-order valence-corrected chi connectivity index (χ3v) is 13.7. The topological polar surface area (TPSA) is 3.24 Å². The summed E-state index contributed by atoms with van der Waals surface area (Å²) in [5.41, 5.74) is 13.0. The van der Waals surface area contributed by atoms with E-state index in [2.05, 4.69) is 229 Å². The maximum atomic E-state index is 2.45. The number of hydrogen-bond donors (Lipinski definition) is 0. The highest BCUT2D eigenvalue weighted by Crippen LogP contribution is 2.56. The smallest absolute Gasteiger partial charge is 0.0714 e. The van der Waals surface area contributed by atoms with Crippen LogP contribution in [0.1, 0.15) is 22.3 Å². The third-order valence-electron chi connectivity index (χ3n) is 12.5. The number of thiophene rings is 1. The molecule has 12 rings (SSSR count). The Hall–Kier alpha value is -7.26. The van der Waals surface area contributed by atoms with Crippen LogP contribution in [0.3, 0.4) is 0 Å². The lowest BCUT2D eigenvalue weighted by Gasteiger charge is -2.35. The van der Waals surface area contributed by atoms with E-state index in [-0.39, 0.29) is 0 Å². The molecule has 2 heteroatoms. The molecule has 10 aromatic carbocycles. The minimum Gasteiger partial charge on any atom is -0.310 e. The lowest BCUT2D eigenvalue weighted by atomic mass is 9.67. The van der Waals surface area contributed by atoms with Crippen molar-refractivity contribution in [3.8, 4) is 22.3 Å². The predicted octanol–water partition coefficient (Wildman–Crippen LogP) is 15.9. The summed E-state index contributed by atoms with van der Waals surface area (Å²) in [6.07, 6.45) is 0. The fraction of sp³-hybridized carbons (Fsp3) is 0.0175. The summed E-state index contributed by atoms with van der Waals surface area (Å²) < 4.78 is 2.63. The van der Waals surface area contributed by atoms with Gasteiger partial charge in [-0.05, 0) is 103 Å². The fourth-order valence-electron chi connectivity index (χ4n) is 9.92. The van der Waals surface area contributed by atoms with E-state index in [4.69, 9.17) is 0 Å². The SMILES string of the molecule is c1ccc(-c2ccc(N(c3cccc(C4(c5ccccc5)c5ccccc5-c5ccccc54)c3)c3ccc4sc5c(ccc6ccc7ccccc7c65)c4c3)cc2)cc1. The summed E-state index contributed by atoms with van der Waals surface area (Å²) in [5.74, 6) is 0. The van der Waals surface area contributed by atoms with Gasteiger partial charge in [0, 0.05) is 42.6 Å². The molecule has 0 atom stereocenters. The van der Waals surface area contributed by atoms with Crippen molar-refractivity contribution in [3.63, 3.8) is 0 Å². The van der Waals surface area contributed by atoms with Gasteiger partial charge in [-0.1, -0.05) is 182 Å². The zero-order chi connectivity index (χ0) is 38.9. The van der Waals surface area contributed by atoms with Gasteiger partial charge in [0.15, 0.2) is 0 Å². The van der Waals surface area contributed by atoms with Gasteiger partial charge in [-0.3, -0.25) is 0 Å². The molecule has 1 aromatic heterocycles. The normalized spacial score (nSPS) is 12.9. The summed E-state index contributed by atoms with van der Waals surface area (Å²) in [7, 11) is 0. The number of benzene rings is 10. The first-order valence-electron chi connectivity index (χ1n) is 20.3. The first kappa shape index (κ1) is 33.8. The second-order valence-electron chi connectivity index (χ2n) is 15.6. The van der Waals surface area contributed by atoms with E-state index >= 15 is 0 Å². The first-order valence-corrected chi connectivity index (χ1v) is 21.2. The highest BCUT2D eigenvalue weighted by atomic mass is 32.1. The van der Waals surface area contributed by atoms with E-state index in [1.165, 1.54) is 86.2 Å². The lowest BCUT2D eigenvalue weighted by Crippen LogP contribution is -2.28. The van der Waals surface area contributed by atoms with Crippen molar-refractivity contribution in [1.29, 1.82) is 0 Å². The third kappa shape index (κ3) is 5.17. The largest absolute Gasteiger partial charge is 0.310 e. The van der Waals surface area contributed by atoms with E-state index in [0.29, 0.717) is 0 Å². The zero-order valence-corrected chi connectivity index (χ0v) is 33.0. The van der Waals surface area contributed by atoms with Crippen LogP contribution in [0.2, 0.25) is 0 Å². The number of nitrogens with zero attached hydrogens (tertiary/aromatic N) is 1. The molecule has 1 aliphatic rings. The molecule has 1 nitrogen and oxygen atoms in total. The fourth-order valence-corrected chi connectivity index (χ4v) is 11.2. The van der Waals surface area contributed by atoms with Crippen LogP contribution in [0.5, 0.6) is 0 Å². The van der Waals surface area contributed by atoms with Crippen LogP contribution in [0.15, 0.2) is 224 Å². The van der Waals surface area contributed by atoms with Crippen LogP contribution in [0, 0.1) is 0 Å². The number of hydrogen-bond acceptors (Lipinski definition) is 2. The van der Waals surface area contributed by atoms with Gasteiger partial charge in [-0.2, -0.15) is 0 Å². The molecule has 0 saturated heterocycles. The molecule has 0 amide bonds. The van der Waals surface area contributed by atoms with Crippen molar-refractivity contribution in [3.05, 3.63) is 247 Å². The Morgan fingerprint density at radius 1 is 0.356 bits per heavy atom. The van der Waals surface area contributed by atoms with Crippen LogP contribution in [0.25, 0.3) is 64.0 Å². The molecule has 0 bridgehead atoms. The Morgan fingerprint density at radius 3 is 1.73 bits per heavy atom. The molecule has 0 radical (unpaired) electrons. The van der Waals surface area contributed by atoms with E-state index in [1.807, 2.05) is 11.3 Å². The molecule has 1 aliphatic carbocycles. The van der Waals surface area contributed by atoms with Gasteiger partial charge in [0.2, 0.25) is 0 Å². The van der Waals surface area contributed by atoms with Crippen molar-refractivity contribution >= 4 is 70.1 Å². The Kier molecular flexibility index (Phi) is 7.69. The molecular weight excluding hydrogens is 731 g/mol. The molecule has 0 fully saturated rings. The minimum atomic E-state index is -0.495. The molecule has 1 heterocycles. The second-order valence-corrected chi connectivity index (χ2v) is 16.7. The number of fused-ring (bicyclic) bond motifs is 10. The summed E-state index contributed by atoms with van der Waals surface area (Å²) in [5, 5.41) is 7.78. The molecule has 0 unspecified atom stereocenters. The Labute approximate surface area is 347 Å².